The van der Waals surface area contributed by atoms with Crippen molar-refractivity contribution in [3.8, 4) is 0 Å². The predicted octanol–water partition coefficient (Wildman–Crippen LogP) is 2.40. The van der Waals surface area contributed by atoms with Gasteiger partial charge in [-0.1, -0.05) is 0 Å². The van der Waals surface area contributed by atoms with Gasteiger partial charge in [0, 0.05) is 61.9 Å². The van der Waals surface area contributed by atoms with Crippen molar-refractivity contribution in [2.45, 2.75) is 31.6 Å². The lowest BCUT2D eigenvalue weighted by molar-refractivity contribution is -0.135. The first-order chi connectivity index (χ1) is 12.8. The Hall–Kier alpha value is -1.76. The van der Waals surface area contributed by atoms with E-state index < -0.39 is 0 Å². The molecular formula is C19H25N5OS. The number of aromatic nitrogens is 3. The van der Waals surface area contributed by atoms with Crippen molar-refractivity contribution in [3.05, 3.63) is 24.2 Å². The van der Waals surface area contributed by atoms with Crippen LogP contribution >= 0.6 is 11.8 Å². The van der Waals surface area contributed by atoms with Gasteiger partial charge in [-0.3, -0.25) is 4.79 Å². The first kappa shape index (κ1) is 16.4. The molecule has 5 rings (SSSR count). The number of amides is 1. The van der Waals surface area contributed by atoms with E-state index >= 15 is 0 Å². The minimum Gasteiger partial charge on any atom is -0.355 e. The number of carbonyl (C=O) groups excluding carboxylic acids is 1. The van der Waals surface area contributed by atoms with Crippen molar-refractivity contribution in [3.63, 3.8) is 0 Å². The zero-order valence-corrected chi connectivity index (χ0v) is 15.8. The number of rotatable bonds is 3. The Bertz CT molecular complexity index is 803. The molecule has 0 spiro atoms. The van der Waals surface area contributed by atoms with E-state index in [2.05, 4.69) is 20.9 Å². The molecule has 1 saturated carbocycles. The third-order valence-corrected chi connectivity index (χ3v) is 6.79. The van der Waals surface area contributed by atoms with Gasteiger partial charge in [0.05, 0.1) is 5.69 Å². The number of hydrogen-bond donors (Lipinski definition) is 0. The standard InChI is InChI=1S/C19H25N5OS/c25-19(23-9-11-26-12-10-23)15-3-6-22(7-4-15)18-17-13-16(14-1-2-14)21-24(17)8-5-20-18/h5,8,13-15H,1-4,6-7,9-12H2. The SMILES string of the molecule is O=C(C1CCN(c2nccn3nc(C4CC4)cc23)CC1)N1CCSCC1. The summed E-state index contributed by atoms with van der Waals surface area (Å²) in [6, 6.07) is 2.21. The van der Waals surface area contributed by atoms with E-state index in [1.54, 1.807) is 0 Å². The molecule has 2 aromatic rings. The molecule has 2 aromatic heterocycles. The molecular weight excluding hydrogens is 346 g/mol. The van der Waals surface area contributed by atoms with Crippen molar-refractivity contribution in [1.29, 1.82) is 0 Å². The Labute approximate surface area is 157 Å². The lowest BCUT2D eigenvalue weighted by Gasteiger charge is -2.36. The zero-order chi connectivity index (χ0) is 17.5. The van der Waals surface area contributed by atoms with Crippen molar-refractivity contribution >= 4 is 29.0 Å². The Kier molecular flexibility index (Phi) is 4.27. The summed E-state index contributed by atoms with van der Waals surface area (Å²) < 4.78 is 1.97. The summed E-state index contributed by atoms with van der Waals surface area (Å²) in [4.78, 5) is 21.8. The summed E-state index contributed by atoms with van der Waals surface area (Å²) in [6.07, 6.45) is 8.15. The third-order valence-electron chi connectivity index (χ3n) is 5.85. The van der Waals surface area contributed by atoms with Crippen LogP contribution in [0.1, 0.15) is 37.3 Å². The number of hydrogen-bond acceptors (Lipinski definition) is 5. The molecule has 0 atom stereocenters. The molecule has 6 nitrogen and oxygen atoms in total. The normalized spacial score (nSPS) is 22.2. The van der Waals surface area contributed by atoms with Crippen LogP contribution in [0.2, 0.25) is 0 Å². The van der Waals surface area contributed by atoms with E-state index in [9.17, 15) is 4.79 Å². The molecule has 1 aliphatic carbocycles. The molecule has 0 aromatic carbocycles. The van der Waals surface area contributed by atoms with Crippen LogP contribution in [0.5, 0.6) is 0 Å². The Morgan fingerprint density at radius 3 is 2.58 bits per heavy atom. The number of carbonyl (C=O) groups is 1. The fourth-order valence-electron chi connectivity index (χ4n) is 4.13. The van der Waals surface area contributed by atoms with E-state index in [0.717, 1.165) is 61.9 Å². The lowest BCUT2D eigenvalue weighted by Crippen LogP contribution is -2.45. The van der Waals surface area contributed by atoms with Gasteiger partial charge in [-0.2, -0.15) is 16.9 Å². The molecule has 0 bridgehead atoms. The van der Waals surface area contributed by atoms with Crippen LogP contribution in [0.15, 0.2) is 18.5 Å². The minimum absolute atomic E-state index is 0.181. The van der Waals surface area contributed by atoms with Gasteiger partial charge >= 0.3 is 0 Å². The van der Waals surface area contributed by atoms with Gasteiger partial charge in [-0.15, -0.1) is 0 Å². The number of nitrogens with zero attached hydrogens (tertiary/aromatic N) is 5. The van der Waals surface area contributed by atoms with Crippen LogP contribution in [0.25, 0.3) is 5.52 Å². The molecule has 7 heteroatoms. The second-order valence-corrected chi connectivity index (χ2v) is 8.85. The molecule has 0 unspecified atom stereocenters. The maximum absolute atomic E-state index is 12.8. The highest BCUT2D eigenvalue weighted by Crippen LogP contribution is 2.40. The molecule has 1 amide bonds. The number of fused-ring (bicyclic) bond motifs is 1. The largest absolute Gasteiger partial charge is 0.355 e. The summed E-state index contributed by atoms with van der Waals surface area (Å²) in [5.74, 6) is 4.39. The van der Waals surface area contributed by atoms with E-state index in [0.29, 0.717) is 11.8 Å². The van der Waals surface area contributed by atoms with Gasteiger partial charge in [0.1, 0.15) is 5.52 Å². The maximum atomic E-state index is 12.8. The van der Waals surface area contributed by atoms with E-state index in [-0.39, 0.29) is 5.92 Å². The molecule has 4 heterocycles. The zero-order valence-electron chi connectivity index (χ0n) is 15.0. The molecule has 0 radical (unpaired) electrons. The Morgan fingerprint density at radius 2 is 1.85 bits per heavy atom. The van der Waals surface area contributed by atoms with Crippen LogP contribution in [-0.2, 0) is 4.79 Å². The maximum Gasteiger partial charge on any atom is 0.225 e. The van der Waals surface area contributed by atoms with E-state index in [4.69, 9.17) is 5.10 Å². The van der Waals surface area contributed by atoms with Crippen molar-refractivity contribution < 1.29 is 4.79 Å². The summed E-state index contributed by atoms with van der Waals surface area (Å²) in [5, 5.41) is 4.72. The first-order valence-electron chi connectivity index (χ1n) is 9.75. The van der Waals surface area contributed by atoms with Gasteiger partial charge in [0.15, 0.2) is 5.82 Å². The molecule has 26 heavy (non-hydrogen) atoms. The van der Waals surface area contributed by atoms with Gasteiger partial charge in [0.2, 0.25) is 5.91 Å². The van der Waals surface area contributed by atoms with Crippen LogP contribution < -0.4 is 4.90 Å². The molecule has 2 aliphatic heterocycles. The van der Waals surface area contributed by atoms with Crippen LogP contribution in [0.3, 0.4) is 0 Å². The van der Waals surface area contributed by atoms with E-state index in [1.165, 1.54) is 18.5 Å². The quantitative estimate of drug-likeness (QED) is 0.829. The average Bonchev–Trinajstić information content (AvgIpc) is 3.46. The highest BCUT2D eigenvalue weighted by Gasteiger charge is 2.31. The van der Waals surface area contributed by atoms with Gasteiger partial charge in [0.25, 0.3) is 0 Å². The summed E-state index contributed by atoms with van der Waals surface area (Å²) in [5.41, 5.74) is 2.31. The van der Waals surface area contributed by atoms with Crippen LogP contribution in [-0.4, -0.2) is 63.1 Å². The number of thioether (sulfide) groups is 1. The Morgan fingerprint density at radius 1 is 1.08 bits per heavy atom. The predicted molar refractivity (Wildman–Crippen MR) is 104 cm³/mol. The van der Waals surface area contributed by atoms with Gasteiger partial charge in [-0.25, -0.2) is 9.50 Å². The van der Waals surface area contributed by atoms with Gasteiger partial charge < -0.3 is 9.80 Å². The van der Waals surface area contributed by atoms with Crippen LogP contribution in [0.4, 0.5) is 5.82 Å². The topological polar surface area (TPSA) is 53.7 Å². The lowest BCUT2D eigenvalue weighted by atomic mass is 9.95. The molecule has 3 aliphatic rings. The number of anilines is 1. The summed E-state index contributed by atoms with van der Waals surface area (Å²) >= 11 is 1.95. The fourth-order valence-corrected chi connectivity index (χ4v) is 5.03. The second-order valence-electron chi connectivity index (χ2n) is 7.62. The summed E-state index contributed by atoms with van der Waals surface area (Å²) in [6.45, 7) is 3.64. The highest BCUT2D eigenvalue weighted by molar-refractivity contribution is 7.99. The first-order valence-corrected chi connectivity index (χ1v) is 10.9. The van der Waals surface area contributed by atoms with Gasteiger partial charge in [-0.05, 0) is 31.7 Å². The molecule has 2 saturated heterocycles. The molecule has 138 valence electrons. The minimum atomic E-state index is 0.181. The average molecular weight is 372 g/mol. The summed E-state index contributed by atoms with van der Waals surface area (Å²) in [7, 11) is 0. The Balaban J connectivity index is 1.29. The molecule has 3 fully saturated rings. The second kappa shape index (κ2) is 6.76. The smallest absolute Gasteiger partial charge is 0.225 e. The van der Waals surface area contributed by atoms with Crippen molar-refractivity contribution in [1.82, 2.24) is 19.5 Å². The number of piperidine rings is 1. The third kappa shape index (κ3) is 3.06. The van der Waals surface area contributed by atoms with Crippen molar-refractivity contribution in [2.24, 2.45) is 5.92 Å². The molecule has 0 N–H and O–H groups in total. The monoisotopic (exact) mass is 371 g/mol. The van der Waals surface area contributed by atoms with E-state index in [1.807, 2.05) is 28.7 Å². The van der Waals surface area contributed by atoms with Crippen molar-refractivity contribution in [2.75, 3.05) is 42.6 Å². The van der Waals surface area contributed by atoms with Crippen LogP contribution in [0, 0.1) is 5.92 Å². The highest BCUT2D eigenvalue weighted by atomic mass is 32.2. The fraction of sp³-hybridized carbons (Fsp3) is 0.632.